The summed E-state index contributed by atoms with van der Waals surface area (Å²) in [6.45, 7) is 6.13. The zero-order valence-corrected chi connectivity index (χ0v) is 20.0. The molecule has 31 heavy (non-hydrogen) atoms. The van der Waals surface area contributed by atoms with Gasteiger partial charge in [-0.05, 0) is 64.9 Å². The van der Waals surface area contributed by atoms with Crippen LogP contribution >= 0.6 is 11.3 Å². The van der Waals surface area contributed by atoms with Crippen molar-refractivity contribution in [1.82, 2.24) is 0 Å². The predicted molar refractivity (Wildman–Crippen MR) is 124 cm³/mol. The average Bonchev–Trinajstić information content (AvgIpc) is 3.17. The van der Waals surface area contributed by atoms with Crippen molar-refractivity contribution in [2.45, 2.75) is 78.2 Å². The molecule has 1 saturated carbocycles. The highest BCUT2D eigenvalue weighted by Crippen LogP contribution is 2.42. The number of nitrogens with zero attached hydrogens (tertiary/aromatic N) is 1. The molecule has 1 aliphatic carbocycles. The number of anilines is 1. The van der Waals surface area contributed by atoms with Gasteiger partial charge in [0.05, 0.1) is 17.7 Å². The fraction of sp³-hybridized carbons (Fsp3) is 0.680. The fourth-order valence-corrected chi connectivity index (χ4v) is 5.70. The molecule has 2 atom stereocenters. The minimum absolute atomic E-state index is 0.00581. The number of rotatable bonds is 5. The molecule has 2 aliphatic rings. The van der Waals surface area contributed by atoms with Gasteiger partial charge in [0, 0.05) is 24.0 Å². The second-order valence-corrected chi connectivity index (χ2v) is 10.8. The van der Waals surface area contributed by atoms with Gasteiger partial charge in [0.1, 0.15) is 4.88 Å². The normalized spacial score (nSPS) is 22.7. The summed E-state index contributed by atoms with van der Waals surface area (Å²) in [6, 6.07) is 1.98. The topological polar surface area (TPSA) is 66.8 Å². The van der Waals surface area contributed by atoms with Crippen molar-refractivity contribution < 1.29 is 19.4 Å². The molecule has 5 nitrogen and oxygen atoms in total. The van der Waals surface area contributed by atoms with Gasteiger partial charge in [0.25, 0.3) is 0 Å². The summed E-state index contributed by atoms with van der Waals surface area (Å²) in [5.74, 6) is 6.25. The van der Waals surface area contributed by atoms with Crippen molar-refractivity contribution in [3.63, 3.8) is 0 Å². The number of piperidine rings is 1. The van der Waals surface area contributed by atoms with E-state index in [1.165, 1.54) is 37.7 Å². The number of ether oxygens (including phenoxy) is 1. The highest BCUT2D eigenvalue weighted by Gasteiger charge is 2.41. The molecule has 0 spiro atoms. The molecule has 0 bridgehead atoms. The van der Waals surface area contributed by atoms with Crippen LogP contribution in [0.25, 0.3) is 0 Å². The molecular formula is C25H35NO4S. The fourth-order valence-electron chi connectivity index (χ4n) is 4.78. The van der Waals surface area contributed by atoms with E-state index < -0.39 is 5.97 Å². The van der Waals surface area contributed by atoms with Crippen LogP contribution in [0.3, 0.4) is 0 Å². The van der Waals surface area contributed by atoms with Gasteiger partial charge in [-0.1, -0.05) is 31.1 Å². The number of methoxy groups -OCH3 is 1. The molecular weight excluding hydrogens is 410 g/mol. The second kappa shape index (κ2) is 10.2. The number of aliphatic hydroxyl groups is 1. The summed E-state index contributed by atoms with van der Waals surface area (Å²) in [6.07, 6.45) is 8.04. The maximum atomic E-state index is 13.6. The van der Waals surface area contributed by atoms with E-state index >= 15 is 0 Å². The molecule has 1 aromatic rings. The van der Waals surface area contributed by atoms with Crippen molar-refractivity contribution in [1.29, 1.82) is 0 Å². The minimum atomic E-state index is -0.428. The maximum absolute atomic E-state index is 13.6. The van der Waals surface area contributed by atoms with Gasteiger partial charge in [-0.3, -0.25) is 4.79 Å². The zero-order chi connectivity index (χ0) is 22.6. The van der Waals surface area contributed by atoms with Crippen LogP contribution < -0.4 is 4.90 Å². The summed E-state index contributed by atoms with van der Waals surface area (Å²) in [7, 11) is 1.37. The molecule has 6 heteroatoms. The standard InChI is InChI=1S/C25H35NO4S/c1-25(2,3)14-12-19-16-21(22(31-19)24(29)30-4)26-20(17-8-6-5-7-9-17)11-10-18(13-15-27)23(26)28/h16-18,20,27H,5-11,13,15H2,1-4H3/t18-,20?/m0/s1. The molecule has 170 valence electrons. The molecule has 1 N–H and O–H groups in total. The summed E-state index contributed by atoms with van der Waals surface area (Å²) < 4.78 is 5.06. The van der Waals surface area contributed by atoms with Crippen LogP contribution in [0.1, 0.15) is 86.7 Å². The number of carbonyl (C=O) groups is 2. The van der Waals surface area contributed by atoms with Crippen molar-refractivity contribution in [3.8, 4) is 11.8 Å². The Hall–Kier alpha value is -1.84. The summed E-state index contributed by atoms with van der Waals surface area (Å²) in [5, 5.41) is 9.48. The lowest BCUT2D eigenvalue weighted by molar-refractivity contribution is -0.125. The largest absolute Gasteiger partial charge is 0.465 e. The van der Waals surface area contributed by atoms with Crippen LogP contribution in [0.15, 0.2) is 6.07 Å². The van der Waals surface area contributed by atoms with Crippen LogP contribution in [-0.4, -0.2) is 36.7 Å². The average molecular weight is 446 g/mol. The third-order valence-electron chi connectivity index (χ3n) is 6.30. The Morgan fingerprint density at radius 3 is 2.55 bits per heavy atom. The van der Waals surface area contributed by atoms with Crippen molar-refractivity contribution >= 4 is 28.9 Å². The number of hydrogen-bond acceptors (Lipinski definition) is 5. The molecule has 1 aliphatic heterocycles. The molecule has 1 unspecified atom stereocenters. The van der Waals surface area contributed by atoms with Gasteiger partial charge in [0.2, 0.25) is 5.91 Å². The summed E-state index contributed by atoms with van der Waals surface area (Å²) >= 11 is 1.30. The molecule has 1 aromatic heterocycles. The Labute approximate surface area is 190 Å². The van der Waals surface area contributed by atoms with Crippen LogP contribution in [0.4, 0.5) is 5.69 Å². The van der Waals surface area contributed by atoms with Crippen molar-refractivity contribution in [3.05, 3.63) is 15.8 Å². The monoisotopic (exact) mass is 445 g/mol. The lowest BCUT2D eigenvalue weighted by Crippen LogP contribution is -2.52. The summed E-state index contributed by atoms with van der Waals surface area (Å²) in [4.78, 5) is 29.3. The number of thiophene rings is 1. The van der Waals surface area contributed by atoms with Gasteiger partial charge in [0.15, 0.2) is 0 Å². The van der Waals surface area contributed by atoms with Gasteiger partial charge in [-0.2, -0.15) is 0 Å². The lowest BCUT2D eigenvalue weighted by Gasteiger charge is -2.44. The Morgan fingerprint density at radius 1 is 1.23 bits per heavy atom. The van der Waals surface area contributed by atoms with E-state index in [2.05, 4.69) is 11.8 Å². The first kappa shape index (κ1) is 23.8. The Morgan fingerprint density at radius 2 is 1.94 bits per heavy atom. The van der Waals surface area contributed by atoms with E-state index in [1.54, 1.807) is 0 Å². The molecule has 1 saturated heterocycles. The van der Waals surface area contributed by atoms with E-state index in [1.807, 2.05) is 31.7 Å². The highest BCUT2D eigenvalue weighted by molar-refractivity contribution is 7.15. The van der Waals surface area contributed by atoms with Gasteiger partial charge in [-0.25, -0.2) is 4.79 Å². The minimum Gasteiger partial charge on any atom is -0.465 e. The Balaban J connectivity index is 2.05. The Kier molecular flexibility index (Phi) is 7.82. The van der Waals surface area contributed by atoms with E-state index in [0.29, 0.717) is 22.9 Å². The first-order valence-corrected chi connectivity index (χ1v) is 12.3. The third-order valence-corrected chi connectivity index (χ3v) is 7.32. The molecule has 2 fully saturated rings. The molecule has 2 heterocycles. The highest BCUT2D eigenvalue weighted by atomic mass is 32.1. The predicted octanol–water partition coefficient (Wildman–Crippen LogP) is 5.01. The molecule has 0 radical (unpaired) electrons. The number of aliphatic hydroxyl groups excluding tert-OH is 1. The van der Waals surface area contributed by atoms with Crippen LogP contribution in [0.5, 0.6) is 0 Å². The van der Waals surface area contributed by atoms with E-state index in [0.717, 1.165) is 30.6 Å². The number of esters is 1. The van der Waals surface area contributed by atoms with Crippen molar-refractivity contribution in [2.24, 2.45) is 17.3 Å². The number of amides is 1. The zero-order valence-electron chi connectivity index (χ0n) is 19.2. The van der Waals surface area contributed by atoms with Crippen LogP contribution in [0.2, 0.25) is 0 Å². The molecule has 1 amide bonds. The SMILES string of the molecule is COC(=O)c1sc(C#CC(C)(C)C)cc1N1C(=O)[C@H](CCO)CCC1C1CCCCC1. The molecule has 3 rings (SSSR count). The summed E-state index contributed by atoms with van der Waals surface area (Å²) in [5.41, 5.74) is 0.478. The Bertz CT molecular complexity index is 851. The lowest BCUT2D eigenvalue weighted by atomic mass is 9.77. The van der Waals surface area contributed by atoms with E-state index in [4.69, 9.17) is 4.74 Å². The van der Waals surface area contributed by atoms with Crippen LogP contribution in [-0.2, 0) is 9.53 Å². The van der Waals surface area contributed by atoms with E-state index in [9.17, 15) is 14.7 Å². The second-order valence-electron chi connectivity index (χ2n) is 9.78. The third kappa shape index (κ3) is 5.70. The van der Waals surface area contributed by atoms with Crippen LogP contribution in [0, 0.1) is 29.1 Å². The first-order chi connectivity index (χ1) is 14.7. The maximum Gasteiger partial charge on any atom is 0.350 e. The van der Waals surface area contributed by atoms with Gasteiger partial charge < -0.3 is 14.7 Å². The van der Waals surface area contributed by atoms with Gasteiger partial charge in [-0.15, -0.1) is 11.3 Å². The smallest absolute Gasteiger partial charge is 0.350 e. The quantitative estimate of drug-likeness (QED) is 0.511. The number of hydrogen-bond donors (Lipinski definition) is 1. The van der Waals surface area contributed by atoms with E-state index in [-0.39, 0.29) is 29.9 Å². The number of carbonyl (C=O) groups excluding carboxylic acids is 2. The molecule has 0 aromatic carbocycles. The van der Waals surface area contributed by atoms with Gasteiger partial charge >= 0.3 is 5.97 Å². The van der Waals surface area contributed by atoms with Crippen molar-refractivity contribution in [2.75, 3.05) is 18.6 Å². The first-order valence-electron chi connectivity index (χ1n) is 11.4.